The van der Waals surface area contributed by atoms with Crippen LogP contribution in [0.5, 0.6) is 0 Å². The predicted octanol–water partition coefficient (Wildman–Crippen LogP) is 3.83. The van der Waals surface area contributed by atoms with Crippen molar-refractivity contribution >= 4 is 43.2 Å². The molecule has 17 heavy (non-hydrogen) atoms. The molecule has 2 N–H and O–H groups in total. The Hall–Kier alpha value is 0.580. The van der Waals surface area contributed by atoms with Gasteiger partial charge >= 0.3 is 0 Å². The molecule has 1 saturated heterocycles. The molecule has 0 saturated carbocycles. The molecule has 2 nitrogen and oxygen atoms in total. The van der Waals surface area contributed by atoms with E-state index in [0.717, 1.165) is 6.54 Å². The van der Waals surface area contributed by atoms with Crippen LogP contribution in [0.1, 0.15) is 24.6 Å². The van der Waals surface area contributed by atoms with E-state index in [-0.39, 0.29) is 0 Å². The molecule has 0 spiro atoms. The van der Waals surface area contributed by atoms with Gasteiger partial charge in [-0.15, -0.1) is 11.3 Å². The van der Waals surface area contributed by atoms with Crippen molar-refractivity contribution in [1.29, 1.82) is 0 Å². The molecular formula is C12H18Br2N2S. The first-order chi connectivity index (χ1) is 8.06. The van der Waals surface area contributed by atoms with Crippen LogP contribution in [-0.2, 0) is 6.54 Å². The summed E-state index contributed by atoms with van der Waals surface area (Å²) >= 11 is 8.90. The summed E-state index contributed by atoms with van der Waals surface area (Å²) in [7, 11) is 0. The summed E-state index contributed by atoms with van der Waals surface area (Å²) in [6, 6.07) is 2.56. The smallest absolute Gasteiger partial charge is 0.0843 e. The summed E-state index contributed by atoms with van der Waals surface area (Å²) in [4.78, 5) is 3.95. The number of thiophene rings is 1. The van der Waals surface area contributed by atoms with Crippen molar-refractivity contribution < 1.29 is 0 Å². The Labute approximate surface area is 124 Å². The minimum atomic E-state index is 0.349. The summed E-state index contributed by atoms with van der Waals surface area (Å²) in [5.74, 6) is 0.716. The zero-order chi connectivity index (χ0) is 12.4. The fourth-order valence-corrected chi connectivity index (χ4v) is 4.55. The monoisotopic (exact) mass is 380 g/mol. The largest absolute Gasteiger partial charge is 0.328 e. The highest BCUT2D eigenvalue weighted by Gasteiger charge is 2.22. The second-order valence-electron chi connectivity index (χ2n) is 4.81. The number of rotatable bonds is 3. The topological polar surface area (TPSA) is 29.3 Å². The van der Waals surface area contributed by atoms with Gasteiger partial charge in [0.25, 0.3) is 0 Å². The van der Waals surface area contributed by atoms with E-state index in [1.54, 1.807) is 0 Å². The Kier molecular flexibility index (Phi) is 5.06. The first kappa shape index (κ1) is 14.0. The van der Waals surface area contributed by atoms with Gasteiger partial charge in [-0.1, -0.05) is 0 Å². The SMILES string of the molecule is CC(N)C1CCN(Cc2cc(Br)c(Br)s2)CC1. The number of piperidine rings is 1. The average molecular weight is 382 g/mol. The molecule has 0 aliphatic carbocycles. The maximum Gasteiger partial charge on any atom is 0.0843 e. The van der Waals surface area contributed by atoms with E-state index < -0.39 is 0 Å². The van der Waals surface area contributed by atoms with Gasteiger partial charge in [-0.2, -0.15) is 0 Å². The van der Waals surface area contributed by atoms with Crippen LogP contribution < -0.4 is 5.73 Å². The highest BCUT2D eigenvalue weighted by atomic mass is 79.9. The van der Waals surface area contributed by atoms with Gasteiger partial charge in [-0.25, -0.2) is 0 Å². The van der Waals surface area contributed by atoms with Crippen molar-refractivity contribution in [1.82, 2.24) is 4.90 Å². The lowest BCUT2D eigenvalue weighted by Crippen LogP contribution is -2.39. The minimum Gasteiger partial charge on any atom is -0.328 e. The fraction of sp³-hybridized carbons (Fsp3) is 0.667. The Morgan fingerprint density at radius 2 is 2.12 bits per heavy atom. The average Bonchev–Trinajstić information content (AvgIpc) is 2.58. The zero-order valence-corrected chi connectivity index (χ0v) is 13.9. The first-order valence-corrected chi connectivity index (χ1v) is 8.38. The molecule has 2 rings (SSSR count). The molecule has 1 aliphatic rings. The highest BCUT2D eigenvalue weighted by Crippen LogP contribution is 2.33. The van der Waals surface area contributed by atoms with Crippen LogP contribution in [-0.4, -0.2) is 24.0 Å². The van der Waals surface area contributed by atoms with E-state index in [2.05, 4.69) is 49.7 Å². The van der Waals surface area contributed by atoms with E-state index in [4.69, 9.17) is 5.73 Å². The van der Waals surface area contributed by atoms with Gasteiger partial charge in [0.1, 0.15) is 0 Å². The molecule has 1 unspecified atom stereocenters. The summed E-state index contributed by atoms with van der Waals surface area (Å²) in [6.45, 7) is 5.56. The van der Waals surface area contributed by atoms with Gasteiger partial charge in [0.2, 0.25) is 0 Å². The molecule has 1 aromatic heterocycles. The van der Waals surface area contributed by atoms with Crippen LogP contribution in [0.2, 0.25) is 0 Å². The number of nitrogens with zero attached hydrogens (tertiary/aromatic N) is 1. The summed E-state index contributed by atoms with van der Waals surface area (Å²) in [5, 5.41) is 0. The Morgan fingerprint density at radius 1 is 1.47 bits per heavy atom. The molecular weight excluding hydrogens is 364 g/mol. The Balaban J connectivity index is 1.86. The zero-order valence-electron chi connectivity index (χ0n) is 9.96. The first-order valence-electron chi connectivity index (χ1n) is 5.98. The normalized spacial score (nSPS) is 20.7. The van der Waals surface area contributed by atoms with Crippen LogP contribution in [0, 0.1) is 5.92 Å². The molecule has 1 atom stereocenters. The van der Waals surface area contributed by atoms with E-state index in [1.807, 2.05) is 11.3 Å². The number of likely N-dealkylation sites (tertiary alicyclic amines) is 1. The van der Waals surface area contributed by atoms with Gasteiger partial charge in [-0.05, 0) is 76.7 Å². The number of hydrogen-bond acceptors (Lipinski definition) is 3. The van der Waals surface area contributed by atoms with Crippen molar-refractivity contribution in [3.8, 4) is 0 Å². The molecule has 1 aromatic rings. The lowest BCUT2D eigenvalue weighted by Gasteiger charge is -2.33. The predicted molar refractivity (Wildman–Crippen MR) is 81.4 cm³/mol. The standard InChI is InChI=1S/C12H18Br2N2S/c1-8(15)9-2-4-16(5-3-9)7-10-6-11(13)12(14)17-10/h6,8-9H,2-5,7,15H2,1H3. The molecule has 1 fully saturated rings. The number of nitrogens with two attached hydrogens (primary N) is 1. The third-order valence-electron chi connectivity index (χ3n) is 3.45. The van der Waals surface area contributed by atoms with E-state index in [0.29, 0.717) is 12.0 Å². The van der Waals surface area contributed by atoms with Crippen molar-refractivity contribution in [2.24, 2.45) is 11.7 Å². The maximum atomic E-state index is 5.96. The van der Waals surface area contributed by atoms with E-state index in [1.165, 1.54) is 39.1 Å². The molecule has 0 aromatic carbocycles. The van der Waals surface area contributed by atoms with Gasteiger partial charge in [0.05, 0.1) is 3.79 Å². The van der Waals surface area contributed by atoms with Crippen LogP contribution in [0.25, 0.3) is 0 Å². The van der Waals surface area contributed by atoms with Crippen LogP contribution >= 0.6 is 43.2 Å². The third kappa shape index (κ3) is 3.77. The van der Waals surface area contributed by atoms with Crippen molar-refractivity contribution in [2.45, 2.75) is 32.4 Å². The Bertz CT molecular complexity index is 351. The third-order valence-corrected chi connectivity index (χ3v) is 6.69. The Morgan fingerprint density at radius 3 is 2.59 bits per heavy atom. The van der Waals surface area contributed by atoms with Crippen molar-refractivity contribution in [3.05, 3.63) is 19.2 Å². The summed E-state index contributed by atoms with van der Waals surface area (Å²) in [6.07, 6.45) is 2.48. The molecule has 1 aliphatic heterocycles. The maximum absolute atomic E-state index is 5.96. The van der Waals surface area contributed by atoms with Gasteiger partial charge in [0, 0.05) is 21.9 Å². The van der Waals surface area contributed by atoms with Crippen LogP contribution in [0.3, 0.4) is 0 Å². The van der Waals surface area contributed by atoms with Gasteiger partial charge in [0.15, 0.2) is 0 Å². The van der Waals surface area contributed by atoms with Crippen LogP contribution in [0.15, 0.2) is 14.3 Å². The molecule has 5 heteroatoms. The van der Waals surface area contributed by atoms with Crippen molar-refractivity contribution in [3.63, 3.8) is 0 Å². The quantitative estimate of drug-likeness (QED) is 0.861. The van der Waals surface area contributed by atoms with Gasteiger partial charge < -0.3 is 5.73 Å². The number of hydrogen-bond donors (Lipinski definition) is 1. The molecule has 0 amide bonds. The highest BCUT2D eigenvalue weighted by molar-refractivity contribution is 9.13. The summed E-state index contributed by atoms with van der Waals surface area (Å²) < 4.78 is 2.36. The molecule has 96 valence electrons. The second-order valence-corrected chi connectivity index (χ2v) is 8.12. The van der Waals surface area contributed by atoms with Crippen molar-refractivity contribution in [2.75, 3.05) is 13.1 Å². The second kappa shape index (κ2) is 6.15. The lowest BCUT2D eigenvalue weighted by atomic mass is 9.91. The molecule has 0 bridgehead atoms. The minimum absolute atomic E-state index is 0.349. The summed E-state index contributed by atoms with van der Waals surface area (Å²) in [5.41, 5.74) is 5.96. The number of halogens is 2. The molecule has 0 radical (unpaired) electrons. The van der Waals surface area contributed by atoms with Crippen LogP contribution in [0.4, 0.5) is 0 Å². The fourth-order valence-electron chi connectivity index (χ4n) is 2.33. The van der Waals surface area contributed by atoms with E-state index in [9.17, 15) is 0 Å². The lowest BCUT2D eigenvalue weighted by molar-refractivity contribution is 0.167. The van der Waals surface area contributed by atoms with Gasteiger partial charge in [-0.3, -0.25) is 4.90 Å². The molecule has 2 heterocycles. The van der Waals surface area contributed by atoms with E-state index >= 15 is 0 Å².